The monoisotopic (exact) mass is 259 g/mol. The molecule has 1 aliphatic carbocycles. The maximum Gasteiger partial charge on any atom is 0.119 e. The van der Waals surface area contributed by atoms with Crippen LogP contribution in [0.5, 0.6) is 5.75 Å². The van der Waals surface area contributed by atoms with Crippen molar-refractivity contribution in [2.75, 3.05) is 12.0 Å². The summed E-state index contributed by atoms with van der Waals surface area (Å²) >= 11 is 0. The molecule has 1 saturated carbocycles. The molecule has 1 saturated heterocycles. The fourth-order valence-electron chi connectivity index (χ4n) is 3.90. The van der Waals surface area contributed by atoms with Gasteiger partial charge >= 0.3 is 0 Å². The maximum atomic E-state index is 5.25. The van der Waals surface area contributed by atoms with E-state index in [9.17, 15) is 0 Å². The van der Waals surface area contributed by atoms with Gasteiger partial charge in [-0.15, -0.1) is 0 Å². The Balaban J connectivity index is 1.73. The lowest BCUT2D eigenvalue weighted by Crippen LogP contribution is -2.58. The first-order valence-electron chi connectivity index (χ1n) is 7.72. The van der Waals surface area contributed by atoms with Gasteiger partial charge in [-0.3, -0.25) is 0 Å². The van der Waals surface area contributed by atoms with E-state index >= 15 is 0 Å². The van der Waals surface area contributed by atoms with Gasteiger partial charge in [0.05, 0.1) is 7.11 Å². The fourth-order valence-corrected chi connectivity index (χ4v) is 3.90. The molecule has 2 fully saturated rings. The van der Waals surface area contributed by atoms with Gasteiger partial charge in [0.25, 0.3) is 0 Å². The van der Waals surface area contributed by atoms with Gasteiger partial charge in [0.2, 0.25) is 0 Å². The molecule has 0 bridgehead atoms. The van der Waals surface area contributed by atoms with Crippen LogP contribution in [0.1, 0.15) is 45.4 Å². The normalized spacial score (nSPS) is 28.0. The Labute approximate surface area is 116 Å². The van der Waals surface area contributed by atoms with Crippen LogP contribution in [0.25, 0.3) is 0 Å². The molecular weight excluding hydrogens is 234 g/mol. The zero-order chi connectivity index (χ0) is 13.2. The van der Waals surface area contributed by atoms with Crippen LogP contribution in [-0.4, -0.2) is 19.2 Å². The van der Waals surface area contributed by atoms with Crippen LogP contribution >= 0.6 is 0 Å². The Morgan fingerprint density at radius 1 is 1.05 bits per heavy atom. The third-order valence-corrected chi connectivity index (χ3v) is 4.98. The fraction of sp³-hybridized carbons (Fsp3) is 0.647. The molecule has 3 rings (SSSR count). The van der Waals surface area contributed by atoms with Gasteiger partial charge in [0, 0.05) is 17.8 Å². The van der Waals surface area contributed by atoms with Crippen molar-refractivity contribution in [1.82, 2.24) is 0 Å². The molecule has 1 aromatic carbocycles. The summed E-state index contributed by atoms with van der Waals surface area (Å²) in [6.07, 6.45) is 8.56. The highest BCUT2D eigenvalue weighted by molar-refractivity contribution is 5.53. The summed E-state index contributed by atoms with van der Waals surface area (Å²) in [5, 5.41) is 0. The Hall–Kier alpha value is -1.18. The maximum absolute atomic E-state index is 5.25. The van der Waals surface area contributed by atoms with Crippen LogP contribution in [0.3, 0.4) is 0 Å². The van der Waals surface area contributed by atoms with Crippen LogP contribution in [0, 0.1) is 5.92 Å². The van der Waals surface area contributed by atoms with Crippen LogP contribution < -0.4 is 9.64 Å². The molecule has 0 radical (unpaired) electrons. The summed E-state index contributed by atoms with van der Waals surface area (Å²) in [5.41, 5.74) is 1.37. The molecule has 0 amide bonds. The molecule has 0 spiro atoms. The van der Waals surface area contributed by atoms with E-state index < -0.39 is 0 Å². The number of rotatable bonds is 3. The molecule has 2 atom stereocenters. The molecule has 1 aliphatic heterocycles. The van der Waals surface area contributed by atoms with Gasteiger partial charge in [0.15, 0.2) is 0 Å². The van der Waals surface area contributed by atoms with E-state index in [2.05, 4.69) is 36.1 Å². The van der Waals surface area contributed by atoms with Gasteiger partial charge in [-0.2, -0.15) is 0 Å². The first kappa shape index (κ1) is 12.8. The third kappa shape index (κ3) is 2.45. The van der Waals surface area contributed by atoms with Gasteiger partial charge in [0.1, 0.15) is 5.75 Å². The smallest absolute Gasteiger partial charge is 0.119 e. The Morgan fingerprint density at radius 3 is 2.32 bits per heavy atom. The van der Waals surface area contributed by atoms with Crippen molar-refractivity contribution in [3.05, 3.63) is 24.3 Å². The summed E-state index contributed by atoms with van der Waals surface area (Å²) in [6, 6.07) is 10.1. The minimum atomic E-state index is 0.695. The number of hydrogen-bond acceptors (Lipinski definition) is 2. The number of hydrogen-bond donors (Lipinski definition) is 0. The molecule has 1 heterocycles. The van der Waals surface area contributed by atoms with E-state index in [1.54, 1.807) is 7.11 Å². The molecule has 0 N–H and O–H groups in total. The summed E-state index contributed by atoms with van der Waals surface area (Å²) in [4.78, 5) is 2.63. The number of benzene rings is 1. The van der Waals surface area contributed by atoms with E-state index in [1.807, 2.05) is 0 Å². The quantitative estimate of drug-likeness (QED) is 0.805. The number of ether oxygens (including phenoxy) is 1. The van der Waals surface area contributed by atoms with Crippen molar-refractivity contribution in [2.24, 2.45) is 5.92 Å². The topological polar surface area (TPSA) is 12.5 Å². The van der Waals surface area contributed by atoms with Crippen molar-refractivity contribution >= 4 is 5.69 Å². The van der Waals surface area contributed by atoms with E-state index in [0.717, 1.165) is 17.7 Å². The van der Waals surface area contributed by atoms with Crippen LogP contribution in [0.4, 0.5) is 5.69 Å². The largest absolute Gasteiger partial charge is 0.497 e. The first-order valence-corrected chi connectivity index (χ1v) is 7.72. The molecule has 2 heteroatoms. The summed E-state index contributed by atoms with van der Waals surface area (Å²) in [7, 11) is 1.73. The van der Waals surface area contributed by atoms with E-state index in [-0.39, 0.29) is 0 Å². The van der Waals surface area contributed by atoms with Crippen LogP contribution in [0.2, 0.25) is 0 Å². The summed E-state index contributed by atoms with van der Waals surface area (Å²) in [5.74, 6) is 1.87. The van der Waals surface area contributed by atoms with Crippen LogP contribution in [0.15, 0.2) is 24.3 Å². The van der Waals surface area contributed by atoms with Crippen molar-refractivity contribution in [2.45, 2.75) is 57.5 Å². The lowest BCUT2D eigenvalue weighted by atomic mass is 9.76. The SMILES string of the molecule is COc1ccc(N2[C@@H](C)C[C@H]2C2CCCCC2)cc1. The van der Waals surface area contributed by atoms with Crippen molar-refractivity contribution in [3.8, 4) is 5.75 Å². The Bertz CT molecular complexity index is 408. The highest BCUT2D eigenvalue weighted by Crippen LogP contribution is 2.41. The molecule has 0 aromatic heterocycles. The predicted molar refractivity (Wildman–Crippen MR) is 79.9 cm³/mol. The average Bonchev–Trinajstić information content (AvgIpc) is 2.46. The minimum absolute atomic E-state index is 0.695. The second kappa shape index (κ2) is 5.44. The number of anilines is 1. The van der Waals surface area contributed by atoms with E-state index in [1.165, 1.54) is 44.2 Å². The molecule has 0 unspecified atom stereocenters. The zero-order valence-corrected chi connectivity index (χ0v) is 12.1. The zero-order valence-electron chi connectivity index (χ0n) is 12.1. The van der Waals surface area contributed by atoms with Gasteiger partial charge in [-0.1, -0.05) is 19.3 Å². The van der Waals surface area contributed by atoms with Gasteiger partial charge in [-0.05, 0) is 56.4 Å². The molecule has 104 valence electrons. The highest BCUT2D eigenvalue weighted by atomic mass is 16.5. The van der Waals surface area contributed by atoms with Gasteiger partial charge < -0.3 is 9.64 Å². The molecule has 2 aliphatic rings. The third-order valence-electron chi connectivity index (χ3n) is 4.98. The number of methoxy groups -OCH3 is 1. The van der Waals surface area contributed by atoms with Crippen molar-refractivity contribution in [3.63, 3.8) is 0 Å². The average molecular weight is 259 g/mol. The lowest BCUT2D eigenvalue weighted by Gasteiger charge is -2.53. The Morgan fingerprint density at radius 2 is 1.74 bits per heavy atom. The molecule has 1 aromatic rings. The summed E-state index contributed by atoms with van der Waals surface area (Å²) in [6.45, 7) is 2.35. The number of nitrogens with zero attached hydrogens (tertiary/aromatic N) is 1. The van der Waals surface area contributed by atoms with Crippen molar-refractivity contribution in [1.29, 1.82) is 0 Å². The molecule has 19 heavy (non-hydrogen) atoms. The van der Waals surface area contributed by atoms with E-state index in [0.29, 0.717) is 6.04 Å². The molecular formula is C17H25NO. The Kier molecular flexibility index (Phi) is 3.67. The second-order valence-electron chi connectivity index (χ2n) is 6.16. The standard InChI is InChI=1S/C17H25NO/c1-13-12-17(14-6-4-3-5-7-14)18(13)15-8-10-16(19-2)11-9-15/h8-11,13-14,17H,3-7,12H2,1-2H3/t13-,17-/m0/s1. The summed E-state index contributed by atoms with van der Waals surface area (Å²) < 4.78 is 5.25. The second-order valence-corrected chi connectivity index (χ2v) is 6.16. The van der Waals surface area contributed by atoms with E-state index in [4.69, 9.17) is 4.74 Å². The highest BCUT2D eigenvalue weighted by Gasteiger charge is 2.40. The van der Waals surface area contributed by atoms with Crippen LogP contribution in [-0.2, 0) is 0 Å². The lowest BCUT2D eigenvalue weighted by molar-refractivity contribution is 0.211. The van der Waals surface area contributed by atoms with Crippen molar-refractivity contribution < 1.29 is 4.74 Å². The molecule has 2 nitrogen and oxygen atoms in total. The predicted octanol–water partition coefficient (Wildman–Crippen LogP) is 4.24. The minimum Gasteiger partial charge on any atom is -0.497 e. The first-order chi connectivity index (χ1) is 9.29. The van der Waals surface area contributed by atoms with Gasteiger partial charge in [-0.25, -0.2) is 0 Å².